The van der Waals surface area contributed by atoms with Gasteiger partial charge in [-0.3, -0.25) is 4.79 Å². The molecule has 0 saturated carbocycles. The Kier molecular flexibility index (Phi) is 4.07. The molecule has 2 N–H and O–H groups in total. The number of H-pyrrole nitrogens is 1. The number of amides is 1. The number of aromatic nitrogens is 1. The van der Waals surface area contributed by atoms with Crippen molar-refractivity contribution in [1.29, 1.82) is 0 Å². The van der Waals surface area contributed by atoms with Gasteiger partial charge in [-0.1, -0.05) is 0 Å². The predicted octanol–water partition coefficient (Wildman–Crippen LogP) is 1.96. The van der Waals surface area contributed by atoms with Gasteiger partial charge in [0.2, 0.25) is 0 Å². The van der Waals surface area contributed by atoms with Gasteiger partial charge in [0.05, 0.1) is 20.8 Å². The van der Waals surface area contributed by atoms with E-state index in [-0.39, 0.29) is 5.91 Å². The van der Waals surface area contributed by atoms with Crippen LogP contribution in [0.4, 0.5) is 0 Å². The number of ether oxygens (including phenoxy) is 2. The molecule has 2 aromatic rings. The molecule has 2 rings (SSSR count). The Morgan fingerprint density at radius 3 is 2.42 bits per heavy atom. The molecule has 0 unspecified atom stereocenters. The summed E-state index contributed by atoms with van der Waals surface area (Å²) in [5.41, 5.74) is 1.45. The molecule has 5 heteroatoms. The van der Waals surface area contributed by atoms with Crippen LogP contribution in [0.25, 0.3) is 0 Å². The summed E-state index contributed by atoms with van der Waals surface area (Å²) in [6.07, 6.45) is 1.82. The van der Waals surface area contributed by atoms with Crippen LogP contribution in [0, 0.1) is 0 Å². The molecular weight excluding hydrogens is 244 g/mol. The summed E-state index contributed by atoms with van der Waals surface area (Å²) in [6.45, 7) is 0.450. The third kappa shape index (κ3) is 3.28. The summed E-state index contributed by atoms with van der Waals surface area (Å²) in [4.78, 5) is 15.1. The fourth-order valence-electron chi connectivity index (χ4n) is 1.69. The summed E-state index contributed by atoms with van der Waals surface area (Å²) in [6, 6.07) is 8.86. The lowest BCUT2D eigenvalue weighted by Crippen LogP contribution is -2.23. The topological polar surface area (TPSA) is 63.4 Å². The smallest absolute Gasteiger partial charge is 0.251 e. The van der Waals surface area contributed by atoms with Crippen LogP contribution < -0.4 is 14.8 Å². The van der Waals surface area contributed by atoms with Gasteiger partial charge in [-0.15, -0.1) is 0 Å². The van der Waals surface area contributed by atoms with Gasteiger partial charge < -0.3 is 19.8 Å². The molecule has 1 aromatic carbocycles. The van der Waals surface area contributed by atoms with Crippen molar-refractivity contribution in [1.82, 2.24) is 10.3 Å². The molecule has 1 amide bonds. The average molecular weight is 260 g/mol. The van der Waals surface area contributed by atoms with Crippen molar-refractivity contribution < 1.29 is 14.3 Å². The summed E-state index contributed by atoms with van der Waals surface area (Å²) < 4.78 is 10.3. The first-order chi connectivity index (χ1) is 9.22. The number of carbonyl (C=O) groups is 1. The van der Waals surface area contributed by atoms with Gasteiger partial charge in [0.25, 0.3) is 5.91 Å². The highest BCUT2D eigenvalue weighted by atomic mass is 16.5. The third-order valence-corrected chi connectivity index (χ3v) is 2.72. The molecule has 0 atom stereocenters. The zero-order valence-electron chi connectivity index (χ0n) is 10.9. The molecule has 0 aliphatic carbocycles. The molecule has 1 aromatic heterocycles. The van der Waals surface area contributed by atoms with Gasteiger partial charge in [0.15, 0.2) is 0 Å². The molecule has 5 nitrogen and oxygen atoms in total. The Balaban J connectivity index is 2.09. The quantitative estimate of drug-likeness (QED) is 0.863. The van der Waals surface area contributed by atoms with E-state index in [1.807, 2.05) is 18.3 Å². The molecule has 1 heterocycles. The maximum atomic E-state index is 12.0. The van der Waals surface area contributed by atoms with Gasteiger partial charge >= 0.3 is 0 Å². The van der Waals surface area contributed by atoms with E-state index in [0.717, 1.165) is 5.69 Å². The van der Waals surface area contributed by atoms with E-state index in [9.17, 15) is 4.79 Å². The number of rotatable bonds is 5. The van der Waals surface area contributed by atoms with E-state index in [4.69, 9.17) is 9.47 Å². The van der Waals surface area contributed by atoms with Gasteiger partial charge in [-0.25, -0.2) is 0 Å². The summed E-state index contributed by atoms with van der Waals surface area (Å²) >= 11 is 0. The number of benzene rings is 1. The molecular formula is C14H16N2O3. The zero-order chi connectivity index (χ0) is 13.7. The van der Waals surface area contributed by atoms with E-state index in [2.05, 4.69) is 10.3 Å². The average Bonchev–Trinajstić information content (AvgIpc) is 2.97. The highest BCUT2D eigenvalue weighted by Gasteiger charge is 2.09. The first-order valence-electron chi connectivity index (χ1n) is 5.86. The van der Waals surface area contributed by atoms with Crippen molar-refractivity contribution in [3.05, 3.63) is 47.8 Å². The zero-order valence-corrected chi connectivity index (χ0v) is 10.9. The number of hydrogen-bond acceptors (Lipinski definition) is 3. The van der Waals surface area contributed by atoms with E-state index in [1.54, 1.807) is 32.4 Å². The molecule has 100 valence electrons. The molecule has 0 bridgehead atoms. The Morgan fingerprint density at radius 1 is 1.21 bits per heavy atom. The number of methoxy groups -OCH3 is 2. The molecule has 0 radical (unpaired) electrons. The van der Waals surface area contributed by atoms with Crippen LogP contribution >= 0.6 is 0 Å². The van der Waals surface area contributed by atoms with Crippen molar-refractivity contribution in [2.75, 3.05) is 14.2 Å². The number of carbonyl (C=O) groups excluding carboxylic acids is 1. The van der Waals surface area contributed by atoms with E-state index < -0.39 is 0 Å². The Bertz CT molecular complexity index is 528. The van der Waals surface area contributed by atoms with Gasteiger partial charge in [0.1, 0.15) is 11.5 Å². The largest absolute Gasteiger partial charge is 0.497 e. The SMILES string of the molecule is COc1cc(OC)cc(C(=O)NCc2ccc[nH]2)c1. The minimum atomic E-state index is -0.174. The van der Waals surface area contributed by atoms with E-state index in [1.165, 1.54) is 0 Å². The number of hydrogen-bond donors (Lipinski definition) is 2. The maximum absolute atomic E-state index is 12.0. The fraction of sp³-hybridized carbons (Fsp3) is 0.214. The van der Waals surface area contributed by atoms with Crippen LogP contribution in [0.5, 0.6) is 11.5 Å². The lowest BCUT2D eigenvalue weighted by atomic mass is 10.2. The Morgan fingerprint density at radius 2 is 1.89 bits per heavy atom. The second kappa shape index (κ2) is 5.95. The van der Waals surface area contributed by atoms with E-state index in [0.29, 0.717) is 23.6 Å². The summed E-state index contributed by atoms with van der Waals surface area (Å²) in [5, 5.41) is 2.82. The van der Waals surface area contributed by atoms with Crippen LogP contribution in [0.2, 0.25) is 0 Å². The van der Waals surface area contributed by atoms with Crippen LogP contribution in [-0.4, -0.2) is 25.1 Å². The van der Waals surface area contributed by atoms with Crippen molar-refractivity contribution in [3.63, 3.8) is 0 Å². The Hall–Kier alpha value is -2.43. The third-order valence-electron chi connectivity index (χ3n) is 2.72. The van der Waals surface area contributed by atoms with Crippen LogP contribution in [0.15, 0.2) is 36.5 Å². The highest BCUT2D eigenvalue weighted by Crippen LogP contribution is 2.22. The molecule has 0 saturated heterocycles. The van der Waals surface area contributed by atoms with Gasteiger partial charge in [-0.05, 0) is 24.3 Å². The Labute approximate surface area is 111 Å². The monoisotopic (exact) mass is 260 g/mol. The van der Waals surface area contributed by atoms with Gasteiger partial charge in [-0.2, -0.15) is 0 Å². The molecule has 0 fully saturated rings. The van der Waals surface area contributed by atoms with Crippen molar-refractivity contribution in [2.24, 2.45) is 0 Å². The fourth-order valence-corrected chi connectivity index (χ4v) is 1.69. The van der Waals surface area contributed by atoms with E-state index >= 15 is 0 Å². The predicted molar refractivity (Wildman–Crippen MR) is 71.5 cm³/mol. The standard InChI is InChI=1S/C14H16N2O3/c1-18-12-6-10(7-13(8-12)19-2)14(17)16-9-11-4-3-5-15-11/h3-8,15H,9H2,1-2H3,(H,16,17). The maximum Gasteiger partial charge on any atom is 0.251 e. The summed E-state index contributed by atoms with van der Waals surface area (Å²) in [7, 11) is 3.10. The second-order valence-electron chi connectivity index (χ2n) is 3.98. The van der Waals surface area contributed by atoms with Crippen molar-refractivity contribution in [2.45, 2.75) is 6.54 Å². The molecule has 19 heavy (non-hydrogen) atoms. The molecule has 0 aliphatic rings. The minimum absolute atomic E-state index is 0.174. The minimum Gasteiger partial charge on any atom is -0.497 e. The normalized spacial score (nSPS) is 10.0. The van der Waals surface area contributed by atoms with Crippen LogP contribution in [-0.2, 0) is 6.54 Å². The summed E-state index contributed by atoms with van der Waals surface area (Å²) in [5.74, 6) is 1.00. The first-order valence-corrected chi connectivity index (χ1v) is 5.86. The lowest BCUT2D eigenvalue weighted by molar-refractivity contribution is 0.0949. The molecule has 0 aliphatic heterocycles. The van der Waals surface area contributed by atoms with Crippen molar-refractivity contribution >= 4 is 5.91 Å². The van der Waals surface area contributed by atoms with Crippen molar-refractivity contribution in [3.8, 4) is 11.5 Å². The molecule has 0 spiro atoms. The first kappa shape index (κ1) is 13.0. The second-order valence-corrected chi connectivity index (χ2v) is 3.98. The number of nitrogens with one attached hydrogen (secondary N) is 2. The highest BCUT2D eigenvalue weighted by molar-refractivity contribution is 5.95. The van der Waals surface area contributed by atoms with Crippen LogP contribution in [0.3, 0.4) is 0 Å². The lowest BCUT2D eigenvalue weighted by Gasteiger charge is -2.08. The number of aromatic amines is 1. The van der Waals surface area contributed by atoms with Crippen LogP contribution in [0.1, 0.15) is 16.1 Å². The van der Waals surface area contributed by atoms with Gasteiger partial charge in [0, 0.05) is 23.5 Å².